The molecule has 2 aromatic rings. The van der Waals surface area contributed by atoms with Crippen LogP contribution in [-0.2, 0) is 11.2 Å². The molecular weight excluding hydrogens is 520 g/mol. The predicted molar refractivity (Wildman–Crippen MR) is 163 cm³/mol. The number of benzene rings is 1. The van der Waals surface area contributed by atoms with Crippen LogP contribution in [0.2, 0.25) is 0 Å². The molecule has 3 aliphatic heterocycles. The first-order valence-corrected chi connectivity index (χ1v) is 15.1. The second-order valence-electron chi connectivity index (χ2n) is 11.4. The topological polar surface area (TPSA) is 121 Å². The molecule has 0 atom stereocenters. The van der Waals surface area contributed by atoms with Crippen LogP contribution in [-0.4, -0.2) is 104 Å². The van der Waals surface area contributed by atoms with E-state index in [1.54, 1.807) is 7.11 Å². The number of piperidine rings is 1. The highest BCUT2D eigenvalue weighted by atomic mass is 16.5. The van der Waals surface area contributed by atoms with E-state index in [9.17, 15) is 4.79 Å². The Morgan fingerprint density at radius 1 is 1.05 bits per heavy atom. The Balaban J connectivity index is 1.32. The number of carbonyl (C=O) groups excluding carboxylic acids is 1. The Morgan fingerprint density at radius 2 is 1.78 bits per heavy atom. The number of primary amides is 1. The van der Waals surface area contributed by atoms with Gasteiger partial charge in [-0.2, -0.15) is 0 Å². The van der Waals surface area contributed by atoms with Gasteiger partial charge < -0.3 is 35.6 Å². The van der Waals surface area contributed by atoms with Crippen molar-refractivity contribution in [2.75, 3.05) is 82.2 Å². The maximum atomic E-state index is 12.4. The summed E-state index contributed by atoms with van der Waals surface area (Å²) in [7, 11) is 3.90. The number of carbonyl (C=O) groups is 1. The van der Waals surface area contributed by atoms with Crippen molar-refractivity contribution in [3.05, 3.63) is 29.6 Å². The van der Waals surface area contributed by atoms with Gasteiger partial charge in [0.15, 0.2) is 17.3 Å². The standard InChI is InChI=1S/C30H46N8O3/c1-4-5-24-29(32-21-10-18-41-19-11-21)35-30(27(34-24)28(31)39)33-22-6-7-25(26(20-22)40-3)38-12-8-23(9-13-38)37-16-14-36(2)15-17-37/h6-7,20-21,23H,4-5,8-19H2,1-3H3,(H2,31,39)(H2,32,33,35). The molecular formula is C30H46N8O3. The van der Waals surface area contributed by atoms with Gasteiger partial charge in [0, 0.05) is 76.3 Å². The molecule has 0 saturated carbocycles. The zero-order valence-corrected chi connectivity index (χ0v) is 24.8. The molecule has 0 bridgehead atoms. The monoisotopic (exact) mass is 566 g/mol. The Hall–Kier alpha value is -3.15. The fraction of sp³-hybridized carbons (Fsp3) is 0.633. The van der Waals surface area contributed by atoms with Crippen molar-refractivity contribution >= 4 is 28.9 Å². The molecule has 0 radical (unpaired) electrons. The lowest BCUT2D eigenvalue weighted by atomic mass is 10.0. The molecule has 5 rings (SSSR count). The summed E-state index contributed by atoms with van der Waals surface area (Å²) in [4.78, 5) is 29.4. The van der Waals surface area contributed by atoms with Crippen LogP contribution in [0.15, 0.2) is 18.2 Å². The largest absolute Gasteiger partial charge is 0.495 e. The van der Waals surface area contributed by atoms with E-state index in [0.29, 0.717) is 24.1 Å². The number of hydrogen-bond donors (Lipinski definition) is 3. The molecule has 3 saturated heterocycles. The quantitative estimate of drug-likeness (QED) is 0.396. The minimum atomic E-state index is -0.609. The first kappa shape index (κ1) is 29.3. The number of rotatable bonds is 10. The molecule has 11 heteroatoms. The predicted octanol–water partition coefficient (Wildman–Crippen LogP) is 3.09. The molecule has 4 heterocycles. The summed E-state index contributed by atoms with van der Waals surface area (Å²) in [6.45, 7) is 10.1. The maximum absolute atomic E-state index is 12.4. The van der Waals surface area contributed by atoms with Gasteiger partial charge in [-0.05, 0) is 51.3 Å². The van der Waals surface area contributed by atoms with Gasteiger partial charge in [-0.15, -0.1) is 0 Å². The van der Waals surface area contributed by atoms with Crippen LogP contribution in [0.1, 0.15) is 55.2 Å². The van der Waals surface area contributed by atoms with Crippen molar-refractivity contribution in [3.8, 4) is 5.75 Å². The van der Waals surface area contributed by atoms with Crippen LogP contribution in [0, 0.1) is 0 Å². The van der Waals surface area contributed by atoms with E-state index in [0.717, 1.165) is 107 Å². The SMILES string of the molecule is CCCc1nc(C(N)=O)c(Nc2ccc(N3CCC(N4CCN(C)CC4)CC3)c(OC)c2)nc1NC1CCOCC1. The number of piperazine rings is 1. The van der Waals surface area contributed by atoms with Gasteiger partial charge in [-0.3, -0.25) is 9.69 Å². The molecule has 1 amide bonds. The minimum absolute atomic E-state index is 0.139. The summed E-state index contributed by atoms with van der Waals surface area (Å²) in [5.74, 6) is 1.21. The van der Waals surface area contributed by atoms with E-state index in [2.05, 4.69) is 50.4 Å². The highest BCUT2D eigenvalue weighted by molar-refractivity contribution is 5.96. The Labute approximate surface area is 243 Å². The lowest BCUT2D eigenvalue weighted by molar-refractivity contribution is 0.0903. The Bertz CT molecular complexity index is 1170. The maximum Gasteiger partial charge on any atom is 0.271 e. The lowest BCUT2D eigenvalue weighted by Crippen LogP contribution is -2.52. The number of nitrogens with zero attached hydrogens (tertiary/aromatic N) is 5. The molecule has 1 aromatic heterocycles. The second-order valence-corrected chi connectivity index (χ2v) is 11.4. The number of ether oxygens (including phenoxy) is 2. The zero-order chi connectivity index (χ0) is 28.8. The summed E-state index contributed by atoms with van der Waals surface area (Å²) in [5.41, 5.74) is 8.50. The molecule has 0 spiro atoms. The molecule has 1 aromatic carbocycles. The van der Waals surface area contributed by atoms with E-state index < -0.39 is 5.91 Å². The number of aryl methyl sites for hydroxylation is 1. The number of methoxy groups -OCH3 is 1. The normalized spacial score (nSPS) is 19.7. The van der Waals surface area contributed by atoms with Crippen molar-refractivity contribution < 1.29 is 14.3 Å². The summed E-state index contributed by atoms with van der Waals surface area (Å²) < 4.78 is 11.3. The zero-order valence-electron chi connectivity index (χ0n) is 24.8. The average molecular weight is 567 g/mol. The number of hydrogen-bond acceptors (Lipinski definition) is 10. The third kappa shape index (κ3) is 7.20. The minimum Gasteiger partial charge on any atom is -0.495 e. The third-order valence-corrected chi connectivity index (χ3v) is 8.55. The Kier molecular flexibility index (Phi) is 9.79. The van der Waals surface area contributed by atoms with Crippen LogP contribution in [0.5, 0.6) is 5.75 Å². The van der Waals surface area contributed by atoms with Gasteiger partial charge >= 0.3 is 0 Å². The summed E-state index contributed by atoms with van der Waals surface area (Å²) in [6, 6.07) is 6.95. The van der Waals surface area contributed by atoms with Gasteiger partial charge in [0.25, 0.3) is 5.91 Å². The molecule has 11 nitrogen and oxygen atoms in total. The number of nitrogens with two attached hydrogens (primary N) is 1. The molecule has 3 fully saturated rings. The van der Waals surface area contributed by atoms with Crippen LogP contribution >= 0.6 is 0 Å². The van der Waals surface area contributed by atoms with Gasteiger partial charge in [0.1, 0.15) is 5.75 Å². The number of anilines is 4. The van der Waals surface area contributed by atoms with Crippen LogP contribution in [0.25, 0.3) is 0 Å². The highest BCUT2D eigenvalue weighted by Crippen LogP contribution is 2.35. The number of amides is 1. The van der Waals surface area contributed by atoms with Crippen molar-refractivity contribution in [1.82, 2.24) is 19.8 Å². The first-order chi connectivity index (χ1) is 19.9. The van der Waals surface area contributed by atoms with Crippen LogP contribution in [0.3, 0.4) is 0 Å². The van der Waals surface area contributed by atoms with E-state index in [-0.39, 0.29) is 11.7 Å². The summed E-state index contributed by atoms with van der Waals surface area (Å²) in [6.07, 6.45) is 5.69. The average Bonchev–Trinajstić information content (AvgIpc) is 2.99. The Morgan fingerprint density at radius 3 is 2.44 bits per heavy atom. The highest BCUT2D eigenvalue weighted by Gasteiger charge is 2.28. The number of nitrogens with one attached hydrogen (secondary N) is 2. The molecule has 4 N–H and O–H groups in total. The molecule has 0 unspecified atom stereocenters. The third-order valence-electron chi connectivity index (χ3n) is 8.55. The van der Waals surface area contributed by atoms with Gasteiger partial charge in [-0.1, -0.05) is 13.3 Å². The van der Waals surface area contributed by atoms with Gasteiger partial charge in [-0.25, -0.2) is 9.97 Å². The molecule has 41 heavy (non-hydrogen) atoms. The van der Waals surface area contributed by atoms with Crippen molar-refractivity contribution in [2.45, 2.75) is 57.5 Å². The van der Waals surface area contributed by atoms with Crippen LogP contribution < -0.4 is 26.0 Å². The van der Waals surface area contributed by atoms with Gasteiger partial charge in [0.05, 0.1) is 18.5 Å². The van der Waals surface area contributed by atoms with E-state index >= 15 is 0 Å². The first-order valence-electron chi connectivity index (χ1n) is 15.1. The van der Waals surface area contributed by atoms with Crippen molar-refractivity contribution in [1.29, 1.82) is 0 Å². The molecule has 0 aliphatic carbocycles. The van der Waals surface area contributed by atoms with E-state index in [1.807, 2.05) is 12.1 Å². The van der Waals surface area contributed by atoms with Crippen LogP contribution in [0.4, 0.5) is 23.0 Å². The molecule has 3 aliphatic rings. The van der Waals surface area contributed by atoms with Crippen molar-refractivity contribution in [2.24, 2.45) is 5.73 Å². The lowest BCUT2D eigenvalue weighted by Gasteiger charge is -2.42. The second kappa shape index (κ2) is 13.7. The number of likely N-dealkylation sites (N-methyl/N-ethyl adjacent to an activating group) is 1. The summed E-state index contributed by atoms with van der Waals surface area (Å²) >= 11 is 0. The van der Waals surface area contributed by atoms with E-state index in [4.69, 9.17) is 20.2 Å². The fourth-order valence-electron chi connectivity index (χ4n) is 6.10. The van der Waals surface area contributed by atoms with E-state index in [1.165, 1.54) is 0 Å². The number of aromatic nitrogens is 2. The smallest absolute Gasteiger partial charge is 0.271 e. The molecule has 224 valence electrons. The van der Waals surface area contributed by atoms with Gasteiger partial charge in [0.2, 0.25) is 0 Å². The summed E-state index contributed by atoms with van der Waals surface area (Å²) in [5, 5.41) is 6.86. The fourth-order valence-corrected chi connectivity index (χ4v) is 6.10. The van der Waals surface area contributed by atoms with Crippen molar-refractivity contribution in [3.63, 3.8) is 0 Å².